The molecule has 0 aliphatic carbocycles. The first-order chi connectivity index (χ1) is 9.22. The molecule has 2 aromatic heterocycles. The van der Waals surface area contributed by atoms with E-state index in [0.29, 0.717) is 5.69 Å². The molecule has 0 spiro atoms. The quantitative estimate of drug-likeness (QED) is 0.825. The molecule has 0 fully saturated rings. The number of carbonyl (C=O) groups excluding carboxylic acids is 1. The highest BCUT2D eigenvalue weighted by molar-refractivity contribution is 7.13. The van der Waals surface area contributed by atoms with Gasteiger partial charge in [0.15, 0.2) is 0 Å². The highest BCUT2D eigenvalue weighted by atomic mass is 32.1. The van der Waals surface area contributed by atoms with Crippen molar-refractivity contribution in [3.05, 3.63) is 29.3 Å². The minimum atomic E-state index is -0.0473. The number of amides is 1. The Labute approximate surface area is 117 Å². The molecule has 102 valence electrons. The van der Waals surface area contributed by atoms with Gasteiger partial charge in [-0.25, -0.2) is 0 Å². The lowest BCUT2D eigenvalue weighted by atomic mass is 10.2. The summed E-state index contributed by atoms with van der Waals surface area (Å²) in [6.07, 6.45) is 3.33. The van der Waals surface area contributed by atoms with Gasteiger partial charge in [-0.2, -0.15) is 5.10 Å². The second kappa shape index (κ2) is 6.52. The molecular formula is C14H19N3OS. The van der Waals surface area contributed by atoms with Crippen LogP contribution in [-0.2, 0) is 7.05 Å². The van der Waals surface area contributed by atoms with E-state index in [4.69, 9.17) is 0 Å². The molecule has 5 heteroatoms. The predicted octanol–water partition coefficient (Wildman–Crippen LogP) is 3.07. The smallest absolute Gasteiger partial charge is 0.269 e. The molecule has 0 bridgehead atoms. The van der Waals surface area contributed by atoms with E-state index in [-0.39, 0.29) is 5.91 Å². The molecule has 2 heterocycles. The normalized spacial score (nSPS) is 10.6. The Hall–Kier alpha value is -1.62. The molecule has 2 aromatic rings. The minimum Gasteiger partial charge on any atom is -0.351 e. The van der Waals surface area contributed by atoms with E-state index in [0.717, 1.165) is 36.4 Å². The van der Waals surface area contributed by atoms with Crippen molar-refractivity contribution in [2.24, 2.45) is 7.05 Å². The summed E-state index contributed by atoms with van der Waals surface area (Å²) in [5.41, 5.74) is 1.47. The number of hydrogen-bond donors (Lipinski definition) is 1. The van der Waals surface area contributed by atoms with Crippen LogP contribution in [0.2, 0.25) is 0 Å². The van der Waals surface area contributed by atoms with Crippen LogP contribution in [0.15, 0.2) is 23.6 Å². The van der Waals surface area contributed by atoms with Crippen LogP contribution in [0.25, 0.3) is 10.6 Å². The maximum absolute atomic E-state index is 12.0. The maximum Gasteiger partial charge on any atom is 0.269 e. The highest BCUT2D eigenvalue weighted by Crippen LogP contribution is 2.23. The molecule has 1 N–H and O–H groups in total. The number of aryl methyl sites for hydroxylation is 1. The Morgan fingerprint density at radius 1 is 1.47 bits per heavy atom. The first-order valence-corrected chi connectivity index (χ1v) is 7.46. The minimum absolute atomic E-state index is 0.0473. The SMILES string of the molecule is CCCCCNC(=O)c1cc(-c2cccs2)nn1C. The van der Waals surface area contributed by atoms with E-state index in [1.807, 2.05) is 23.6 Å². The lowest BCUT2D eigenvalue weighted by Gasteiger charge is -2.04. The van der Waals surface area contributed by atoms with E-state index in [1.165, 1.54) is 0 Å². The van der Waals surface area contributed by atoms with Crippen LogP contribution in [0, 0.1) is 0 Å². The Balaban J connectivity index is 2.02. The molecule has 0 atom stereocenters. The molecule has 2 rings (SSSR count). The third kappa shape index (κ3) is 3.44. The van der Waals surface area contributed by atoms with Crippen LogP contribution in [0.1, 0.15) is 36.7 Å². The Morgan fingerprint density at radius 2 is 2.32 bits per heavy atom. The van der Waals surface area contributed by atoms with Gasteiger partial charge in [0, 0.05) is 13.6 Å². The summed E-state index contributed by atoms with van der Waals surface area (Å²) >= 11 is 1.63. The highest BCUT2D eigenvalue weighted by Gasteiger charge is 2.14. The van der Waals surface area contributed by atoms with Crippen molar-refractivity contribution >= 4 is 17.2 Å². The van der Waals surface area contributed by atoms with Gasteiger partial charge in [0.05, 0.1) is 4.88 Å². The molecule has 0 aliphatic heterocycles. The van der Waals surface area contributed by atoms with E-state index in [1.54, 1.807) is 23.1 Å². The molecule has 1 amide bonds. The zero-order chi connectivity index (χ0) is 13.7. The van der Waals surface area contributed by atoms with Gasteiger partial charge in [0.1, 0.15) is 11.4 Å². The molecule has 4 nitrogen and oxygen atoms in total. The number of thiophene rings is 1. The van der Waals surface area contributed by atoms with Crippen molar-refractivity contribution in [1.29, 1.82) is 0 Å². The topological polar surface area (TPSA) is 46.9 Å². The maximum atomic E-state index is 12.0. The van der Waals surface area contributed by atoms with Gasteiger partial charge in [-0.3, -0.25) is 9.48 Å². The van der Waals surface area contributed by atoms with Crippen LogP contribution < -0.4 is 5.32 Å². The van der Waals surface area contributed by atoms with E-state index in [2.05, 4.69) is 17.3 Å². The zero-order valence-corrected chi connectivity index (χ0v) is 12.2. The van der Waals surface area contributed by atoms with Gasteiger partial charge in [-0.15, -0.1) is 11.3 Å². The fourth-order valence-corrected chi connectivity index (χ4v) is 2.57. The van der Waals surface area contributed by atoms with Crippen LogP contribution in [0.3, 0.4) is 0 Å². The van der Waals surface area contributed by atoms with Crippen molar-refractivity contribution in [3.63, 3.8) is 0 Å². The molecular weight excluding hydrogens is 258 g/mol. The van der Waals surface area contributed by atoms with Crippen LogP contribution >= 0.6 is 11.3 Å². The lowest BCUT2D eigenvalue weighted by Crippen LogP contribution is -2.26. The van der Waals surface area contributed by atoms with Crippen molar-refractivity contribution in [3.8, 4) is 10.6 Å². The Kier molecular flexibility index (Phi) is 4.74. The molecule has 0 saturated carbocycles. The third-order valence-electron chi connectivity index (χ3n) is 2.95. The number of unbranched alkanes of at least 4 members (excludes halogenated alkanes) is 2. The molecule has 19 heavy (non-hydrogen) atoms. The van der Waals surface area contributed by atoms with Crippen LogP contribution in [0.5, 0.6) is 0 Å². The summed E-state index contributed by atoms with van der Waals surface area (Å²) in [4.78, 5) is 13.1. The third-order valence-corrected chi connectivity index (χ3v) is 3.84. The number of nitrogens with zero attached hydrogens (tertiary/aromatic N) is 2. The fraction of sp³-hybridized carbons (Fsp3) is 0.429. The molecule has 0 unspecified atom stereocenters. The number of rotatable bonds is 6. The number of nitrogens with one attached hydrogen (secondary N) is 1. The largest absolute Gasteiger partial charge is 0.351 e. The lowest BCUT2D eigenvalue weighted by molar-refractivity contribution is 0.0943. The molecule has 0 aromatic carbocycles. The summed E-state index contributed by atoms with van der Waals surface area (Å²) in [6, 6.07) is 5.84. The fourth-order valence-electron chi connectivity index (χ4n) is 1.89. The van der Waals surface area contributed by atoms with Gasteiger partial charge in [-0.1, -0.05) is 25.8 Å². The number of hydrogen-bond acceptors (Lipinski definition) is 3. The summed E-state index contributed by atoms with van der Waals surface area (Å²) in [5, 5.41) is 9.33. The standard InChI is InChI=1S/C14H19N3OS/c1-3-4-5-8-15-14(18)12-10-11(16-17(12)2)13-7-6-9-19-13/h6-7,9-10H,3-5,8H2,1-2H3,(H,15,18). The molecule has 0 saturated heterocycles. The van der Waals surface area contributed by atoms with Gasteiger partial charge >= 0.3 is 0 Å². The van der Waals surface area contributed by atoms with Crippen LogP contribution in [-0.4, -0.2) is 22.2 Å². The van der Waals surface area contributed by atoms with Crippen molar-refractivity contribution in [1.82, 2.24) is 15.1 Å². The summed E-state index contributed by atoms with van der Waals surface area (Å²) < 4.78 is 1.64. The van der Waals surface area contributed by atoms with Crippen molar-refractivity contribution < 1.29 is 4.79 Å². The molecule has 0 aliphatic rings. The van der Waals surface area contributed by atoms with Crippen molar-refractivity contribution in [2.75, 3.05) is 6.54 Å². The van der Waals surface area contributed by atoms with Crippen molar-refractivity contribution in [2.45, 2.75) is 26.2 Å². The first-order valence-electron chi connectivity index (χ1n) is 6.58. The average Bonchev–Trinajstić information content (AvgIpc) is 3.03. The van der Waals surface area contributed by atoms with E-state index < -0.39 is 0 Å². The second-order valence-corrected chi connectivity index (χ2v) is 5.43. The molecule has 0 radical (unpaired) electrons. The number of carbonyl (C=O) groups is 1. The van der Waals surface area contributed by atoms with Crippen LogP contribution in [0.4, 0.5) is 0 Å². The van der Waals surface area contributed by atoms with Gasteiger partial charge in [-0.05, 0) is 23.9 Å². The monoisotopic (exact) mass is 277 g/mol. The zero-order valence-electron chi connectivity index (χ0n) is 11.3. The average molecular weight is 277 g/mol. The second-order valence-electron chi connectivity index (χ2n) is 4.48. The van der Waals surface area contributed by atoms with E-state index >= 15 is 0 Å². The van der Waals surface area contributed by atoms with E-state index in [9.17, 15) is 4.79 Å². The van der Waals surface area contributed by atoms with Gasteiger partial charge in [0.2, 0.25) is 0 Å². The number of aromatic nitrogens is 2. The summed E-state index contributed by atoms with van der Waals surface area (Å²) in [7, 11) is 1.80. The summed E-state index contributed by atoms with van der Waals surface area (Å²) in [5.74, 6) is -0.0473. The van der Waals surface area contributed by atoms with Gasteiger partial charge < -0.3 is 5.32 Å². The predicted molar refractivity (Wildman–Crippen MR) is 78.4 cm³/mol. The Bertz CT molecular complexity index is 531. The Morgan fingerprint density at radius 3 is 3.00 bits per heavy atom. The first kappa shape index (κ1) is 13.8. The summed E-state index contributed by atoms with van der Waals surface area (Å²) in [6.45, 7) is 2.88. The van der Waals surface area contributed by atoms with Gasteiger partial charge in [0.25, 0.3) is 5.91 Å².